The molecule has 0 amide bonds. The van der Waals surface area contributed by atoms with Gasteiger partial charge in [0.25, 0.3) is 0 Å². The second-order valence-electron chi connectivity index (χ2n) is 5.31. The van der Waals surface area contributed by atoms with Crippen LogP contribution in [0.3, 0.4) is 0 Å². The summed E-state index contributed by atoms with van der Waals surface area (Å²) in [5, 5.41) is 8.60. The molecule has 0 aliphatic carbocycles. The van der Waals surface area contributed by atoms with Gasteiger partial charge in [-0.15, -0.1) is 11.8 Å². The minimum Gasteiger partial charge on any atom is -0.339 e. The quantitative estimate of drug-likeness (QED) is 0.922. The fraction of sp³-hybridized carbons (Fsp3) is 0.846. The summed E-state index contributed by atoms with van der Waals surface area (Å²) < 4.78 is 5.52. The summed E-state index contributed by atoms with van der Waals surface area (Å²) in [7, 11) is 0. The third-order valence-corrected chi connectivity index (χ3v) is 7.32. The van der Waals surface area contributed by atoms with Gasteiger partial charge in [-0.25, -0.2) is 0 Å². The molecule has 1 N–H and O–H groups in total. The molecule has 1 aromatic heterocycles. The van der Waals surface area contributed by atoms with Crippen molar-refractivity contribution in [2.75, 3.05) is 24.6 Å². The molecule has 0 spiro atoms. The molecular weight excluding hydrogens is 278 g/mol. The average molecular weight is 299 g/mol. The van der Waals surface area contributed by atoms with Gasteiger partial charge in [0.2, 0.25) is 5.89 Å². The molecule has 0 radical (unpaired) electrons. The van der Waals surface area contributed by atoms with E-state index in [2.05, 4.69) is 36.1 Å². The molecule has 2 fully saturated rings. The van der Waals surface area contributed by atoms with Crippen molar-refractivity contribution < 1.29 is 4.52 Å². The number of aromatic nitrogens is 2. The Bertz CT molecular complexity index is 422. The van der Waals surface area contributed by atoms with E-state index < -0.39 is 0 Å². The lowest BCUT2D eigenvalue weighted by molar-refractivity contribution is 0.252. The predicted octanol–water partition coefficient (Wildman–Crippen LogP) is 2.69. The molecule has 2 aliphatic heterocycles. The Labute approximate surface area is 122 Å². The smallest absolute Gasteiger partial charge is 0.229 e. The highest BCUT2D eigenvalue weighted by Crippen LogP contribution is 2.43. The Morgan fingerprint density at radius 2 is 2.16 bits per heavy atom. The second-order valence-corrected chi connectivity index (χ2v) is 7.90. The molecule has 0 aromatic carbocycles. The first-order chi connectivity index (χ1) is 9.29. The van der Waals surface area contributed by atoms with Crippen LogP contribution in [0.5, 0.6) is 0 Å². The molecule has 4 nitrogen and oxygen atoms in total. The minimum absolute atomic E-state index is 0.379. The molecule has 19 heavy (non-hydrogen) atoms. The van der Waals surface area contributed by atoms with Crippen molar-refractivity contribution in [3.63, 3.8) is 0 Å². The van der Waals surface area contributed by atoms with E-state index in [4.69, 9.17) is 9.51 Å². The molecule has 3 unspecified atom stereocenters. The number of hydrogen-bond acceptors (Lipinski definition) is 6. The Balaban J connectivity index is 1.72. The van der Waals surface area contributed by atoms with Crippen molar-refractivity contribution in [3.05, 3.63) is 11.7 Å². The molecule has 3 atom stereocenters. The third kappa shape index (κ3) is 2.81. The normalized spacial score (nSPS) is 30.0. The predicted molar refractivity (Wildman–Crippen MR) is 80.8 cm³/mol. The maximum Gasteiger partial charge on any atom is 0.229 e. The molecule has 1 aromatic rings. The topological polar surface area (TPSA) is 51.0 Å². The molecule has 2 aliphatic rings. The van der Waals surface area contributed by atoms with Crippen LogP contribution in [0.1, 0.15) is 43.2 Å². The zero-order valence-electron chi connectivity index (χ0n) is 11.5. The van der Waals surface area contributed by atoms with E-state index >= 15 is 0 Å². The maximum atomic E-state index is 5.52. The van der Waals surface area contributed by atoms with Crippen molar-refractivity contribution in [1.82, 2.24) is 15.5 Å². The fourth-order valence-electron chi connectivity index (χ4n) is 2.56. The first-order valence-corrected chi connectivity index (χ1v) is 9.16. The van der Waals surface area contributed by atoms with E-state index in [9.17, 15) is 0 Å². The summed E-state index contributed by atoms with van der Waals surface area (Å²) in [6.07, 6.45) is 1.17. The van der Waals surface area contributed by atoms with Crippen LogP contribution in [0.4, 0.5) is 0 Å². The summed E-state index contributed by atoms with van der Waals surface area (Å²) in [6, 6.07) is 0. The van der Waals surface area contributed by atoms with Crippen LogP contribution in [0.15, 0.2) is 4.52 Å². The lowest BCUT2D eigenvalue weighted by Gasteiger charge is -2.30. The van der Waals surface area contributed by atoms with E-state index in [1.54, 1.807) is 0 Å². The van der Waals surface area contributed by atoms with Gasteiger partial charge in [-0.2, -0.15) is 16.7 Å². The van der Waals surface area contributed by atoms with Crippen molar-refractivity contribution in [3.8, 4) is 0 Å². The summed E-state index contributed by atoms with van der Waals surface area (Å²) in [5.74, 6) is 5.21. The van der Waals surface area contributed by atoms with E-state index in [1.165, 1.54) is 17.9 Å². The van der Waals surface area contributed by atoms with Gasteiger partial charge < -0.3 is 9.84 Å². The first-order valence-electron chi connectivity index (χ1n) is 7.07. The van der Waals surface area contributed by atoms with Crippen molar-refractivity contribution in [2.24, 2.45) is 5.92 Å². The number of hydrogen-bond donors (Lipinski definition) is 1. The van der Waals surface area contributed by atoms with Crippen LogP contribution < -0.4 is 5.32 Å². The highest BCUT2D eigenvalue weighted by Gasteiger charge is 2.33. The summed E-state index contributed by atoms with van der Waals surface area (Å²) in [6.45, 7) is 6.60. The molecular formula is C13H21N3OS2. The molecule has 2 saturated heterocycles. The van der Waals surface area contributed by atoms with E-state index in [0.29, 0.717) is 22.3 Å². The van der Waals surface area contributed by atoms with E-state index in [1.807, 2.05) is 11.8 Å². The minimum atomic E-state index is 0.379. The van der Waals surface area contributed by atoms with Gasteiger partial charge in [-0.3, -0.25) is 0 Å². The van der Waals surface area contributed by atoms with Crippen LogP contribution in [-0.4, -0.2) is 40.0 Å². The van der Waals surface area contributed by atoms with Gasteiger partial charge in [-0.1, -0.05) is 19.0 Å². The van der Waals surface area contributed by atoms with Crippen molar-refractivity contribution in [2.45, 2.75) is 36.7 Å². The van der Waals surface area contributed by atoms with Gasteiger partial charge in [0.15, 0.2) is 5.82 Å². The van der Waals surface area contributed by atoms with Gasteiger partial charge in [0.1, 0.15) is 0 Å². The van der Waals surface area contributed by atoms with Gasteiger partial charge >= 0.3 is 0 Å². The zero-order valence-corrected chi connectivity index (χ0v) is 13.1. The highest BCUT2D eigenvalue weighted by atomic mass is 32.2. The van der Waals surface area contributed by atoms with E-state index in [0.717, 1.165) is 24.8 Å². The van der Waals surface area contributed by atoms with Crippen molar-refractivity contribution >= 4 is 23.5 Å². The van der Waals surface area contributed by atoms with Crippen LogP contribution in [0, 0.1) is 5.92 Å². The van der Waals surface area contributed by atoms with Crippen LogP contribution in [-0.2, 0) is 0 Å². The van der Waals surface area contributed by atoms with Crippen molar-refractivity contribution in [1.29, 1.82) is 0 Å². The first kappa shape index (κ1) is 13.8. The number of rotatable bonds is 4. The Morgan fingerprint density at radius 3 is 2.84 bits per heavy atom. The molecule has 106 valence electrons. The summed E-state index contributed by atoms with van der Waals surface area (Å²) in [4.78, 5) is 4.70. The van der Waals surface area contributed by atoms with Gasteiger partial charge in [-0.05, 0) is 25.4 Å². The zero-order chi connectivity index (χ0) is 13.2. The summed E-state index contributed by atoms with van der Waals surface area (Å²) in [5.41, 5.74) is 0. The van der Waals surface area contributed by atoms with Gasteiger partial charge in [0, 0.05) is 22.7 Å². The lowest BCUT2D eigenvalue weighted by Crippen LogP contribution is -2.44. The van der Waals surface area contributed by atoms with Crippen LogP contribution in [0.25, 0.3) is 0 Å². The monoisotopic (exact) mass is 299 g/mol. The Kier molecular flexibility index (Phi) is 4.39. The lowest BCUT2D eigenvalue weighted by atomic mass is 9.89. The summed E-state index contributed by atoms with van der Waals surface area (Å²) >= 11 is 4.04. The molecule has 0 saturated carbocycles. The van der Waals surface area contributed by atoms with Crippen LogP contribution >= 0.6 is 23.5 Å². The number of nitrogens with one attached hydrogen (secondary N) is 1. The fourth-order valence-corrected chi connectivity index (χ4v) is 5.54. The molecule has 0 bridgehead atoms. The number of thioether (sulfide) groups is 2. The second kappa shape index (κ2) is 6.06. The molecule has 6 heteroatoms. The largest absolute Gasteiger partial charge is 0.339 e. The standard InChI is InChI=1S/C13H21N3OS2/c1-3-10-11(19-5-4-18-10)12-15-13(17-16-12)8(2)9-6-14-7-9/h8-11,14H,3-7H2,1-2H3. The Hall–Kier alpha value is -0.200. The molecule has 3 rings (SSSR count). The molecule has 3 heterocycles. The SMILES string of the molecule is CCC1SCCSC1c1noc(C(C)C2CNC2)n1. The number of nitrogens with zero attached hydrogens (tertiary/aromatic N) is 2. The van der Waals surface area contributed by atoms with Gasteiger partial charge in [0.05, 0.1) is 5.25 Å². The average Bonchev–Trinajstić information content (AvgIpc) is 2.86. The van der Waals surface area contributed by atoms with E-state index in [-0.39, 0.29) is 0 Å². The maximum absolute atomic E-state index is 5.52. The Morgan fingerprint density at radius 1 is 1.37 bits per heavy atom. The van der Waals surface area contributed by atoms with Crippen LogP contribution in [0.2, 0.25) is 0 Å². The highest BCUT2D eigenvalue weighted by molar-refractivity contribution is 8.06. The third-order valence-electron chi connectivity index (χ3n) is 4.07.